The summed E-state index contributed by atoms with van der Waals surface area (Å²) in [5.74, 6) is 0.819. The van der Waals surface area contributed by atoms with Crippen LogP contribution in [0.2, 0.25) is 0 Å². The molecular formula is C23H22N4O2. The molecule has 2 aromatic carbocycles. The maximum atomic E-state index is 9.84. The molecule has 29 heavy (non-hydrogen) atoms. The summed E-state index contributed by atoms with van der Waals surface area (Å²) in [7, 11) is 0. The number of aromatic amines is 1. The number of fused-ring (bicyclic) bond motifs is 1. The van der Waals surface area contributed by atoms with E-state index >= 15 is 0 Å². The van der Waals surface area contributed by atoms with E-state index in [0.717, 1.165) is 35.2 Å². The fraction of sp³-hybridized carbons (Fsp3) is 0.217. The highest BCUT2D eigenvalue weighted by molar-refractivity contribution is 5.58. The molecule has 0 fully saturated rings. The molecule has 0 spiro atoms. The monoisotopic (exact) mass is 386 g/mol. The second kappa shape index (κ2) is 8.11. The van der Waals surface area contributed by atoms with E-state index in [1.165, 1.54) is 0 Å². The van der Waals surface area contributed by atoms with Crippen molar-refractivity contribution >= 4 is 0 Å². The van der Waals surface area contributed by atoms with Crippen LogP contribution in [0.3, 0.4) is 0 Å². The molecule has 146 valence electrons. The number of para-hydroxylation sites is 1. The lowest BCUT2D eigenvalue weighted by atomic mass is 9.83. The lowest BCUT2D eigenvalue weighted by Crippen LogP contribution is -2.21. The van der Waals surface area contributed by atoms with Gasteiger partial charge in [0.2, 0.25) is 11.8 Å². The molecule has 1 aliphatic heterocycles. The van der Waals surface area contributed by atoms with Gasteiger partial charge in [0.1, 0.15) is 24.0 Å². The number of hydrogen-bond donors (Lipinski definition) is 2. The Labute approximate surface area is 169 Å². The van der Waals surface area contributed by atoms with Crippen LogP contribution in [0.5, 0.6) is 11.6 Å². The van der Waals surface area contributed by atoms with E-state index in [9.17, 15) is 5.26 Å². The summed E-state index contributed by atoms with van der Waals surface area (Å²) in [4.78, 5) is 0. The zero-order chi connectivity index (χ0) is 20.2. The molecule has 0 unspecified atom stereocenters. The van der Waals surface area contributed by atoms with Crippen molar-refractivity contribution in [2.45, 2.75) is 32.3 Å². The summed E-state index contributed by atoms with van der Waals surface area (Å²) < 4.78 is 11.8. The van der Waals surface area contributed by atoms with Crippen LogP contribution in [0.4, 0.5) is 0 Å². The smallest absolute Gasteiger partial charge is 0.244 e. The van der Waals surface area contributed by atoms with Crippen molar-refractivity contribution in [3.8, 4) is 17.7 Å². The first-order valence-electron chi connectivity index (χ1n) is 9.63. The molecule has 0 bridgehead atoms. The molecule has 3 aromatic rings. The SMILES string of the molecule is CCCc1[nH]nc2c1[C@H](c1ccccc1OCc1ccccc1)C(C#N)=C(N)O2. The predicted octanol–water partition coefficient (Wildman–Crippen LogP) is 4.16. The van der Waals surface area contributed by atoms with Crippen LogP contribution in [-0.2, 0) is 13.0 Å². The summed E-state index contributed by atoms with van der Waals surface area (Å²) in [6.07, 6.45) is 1.74. The Balaban J connectivity index is 1.77. The lowest BCUT2D eigenvalue weighted by molar-refractivity contribution is 0.301. The highest BCUT2D eigenvalue weighted by Gasteiger charge is 2.36. The number of rotatable bonds is 6. The zero-order valence-corrected chi connectivity index (χ0v) is 16.2. The van der Waals surface area contributed by atoms with E-state index in [1.807, 2.05) is 54.6 Å². The second-order valence-electron chi connectivity index (χ2n) is 6.91. The average Bonchev–Trinajstić information content (AvgIpc) is 3.14. The van der Waals surface area contributed by atoms with Gasteiger partial charge in [0.25, 0.3) is 0 Å². The fourth-order valence-electron chi connectivity index (χ4n) is 3.65. The van der Waals surface area contributed by atoms with Crippen LogP contribution in [-0.4, -0.2) is 10.2 Å². The molecule has 3 N–H and O–H groups in total. The normalized spacial score (nSPS) is 15.4. The summed E-state index contributed by atoms with van der Waals surface area (Å²) in [6.45, 7) is 2.53. The summed E-state index contributed by atoms with van der Waals surface area (Å²) in [6, 6.07) is 19.9. The number of aryl methyl sites for hydroxylation is 1. The minimum atomic E-state index is -0.393. The van der Waals surface area contributed by atoms with E-state index in [0.29, 0.717) is 23.8 Å². The van der Waals surface area contributed by atoms with Crippen LogP contribution >= 0.6 is 0 Å². The third kappa shape index (κ3) is 3.55. The Hall–Kier alpha value is -3.72. The number of hydrogen-bond acceptors (Lipinski definition) is 5. The van der Waals surface area contributed by atoms with Crippen LogP contribution in [0.15, 0.2) is 66.1 Å². The minimum absolute atomic E-state index is 0.0809. The number of ether oxygens (including phenoxy) is 2. The first kappa shape index (κ1) is 18.6. The Morgan fingerprint density at radius 1 is 1.17 bits per heavy atom. The third-order valence-electron chi connectivity index (χ3n) is 4.99. The number of H-pyrrole nitrogens is 1. The number of nitriles is 1. The number of allylic oxidation sites excluding steroid dienone is 1. The molecule has 6 nitrogen and oxygen atoms in total. The van der Waals surface area contributed by atoms with Gasteiger partial charge < -0.3 is 15.2 Å². The van der Waals surface area contributed by atoms with Crippen molar-refractivity contribution in [1.82, 2.24) is 10.2 Å². The Morgan fingerprint density at radius 3 is 2.69 bits per heavy atom. The molecule has 0 radical (unpaired) electrons. The number of nitrogens with zero attached hydrogens (tertiary/aromatic N) is 2. The van der Waals surface area contributed by atoms with Crippen molar-refractivity contribution in [2.75, 3.05) is 0 Å². The minimum Gasteiger partial charge on any atom is -0.489 e. The molecule has 1 aromatic heterocycles. The Kier molecular flexibility index (Phi) is 5.21. The largest absolute Gasteiger partial charge is 0.489 e. The van der Waals surface area contributed by atoms with Crippen LogP contribution in [0.1, 0.15) is 41.6 Å². The average molecular weight is 386 g/mol. The van der Waals surface area contributed by atoms with E-state index in [-0.39, 0.29) is 5.88 Å². The van der Waals surface area contributed by atoms with Crippen molar-refractivity contribution in [3.63, 3.8) is 0 Å². The lowest BCUT2D eigenvalue weighted by Gasteiger charge is -2.25. The summed E-state index contributed by atoms with van der Waals surface area (Å²) in [5, 5.41) is 17.2. The van der Waals surface area contributed by atoms with Crippen LogP contribution in [0.25, 0.3) is 0 Å². The van der Waals surface area contributed by atoms with Gasteiger partial charge in [-0.3, -0.25) is 5.10 Å². The highest BCUT2D eigenvalue weighted by Crippen LogP contribution is 2.45. The quantitative estimate of drug-likeness (QED) is 0.663. The maximum Gasteiger partial charge on any atom is 0.244 e. The second-order valence-corrected chi connectivity index (χ2v) is 6.91. The molecule has 0 aliphatic carbocycles. The number of aromatic nitrogens is 2. The zero-order valence-electron chi connectivity index (χ0n) is 16.2. The standard InChI is InChI=1S/C23H22N4O2/c1-2-8-18-21-20(17(13-24)22(25)29-23(21)27-26-18)16-11-6-7-12-19(16)28-14-15-9-4-3-5-10-15/h3-7,9-12,20H,2,8,14,25H2,1H3,(H,26,27)/t20-/m1/s1. The van der Waals surface area contributed by atoms with Gasteiger partial charge in [-0.2, -0.15) is 5.26 Å². The van der Waals surface area contributed by atoms with Gasteiger partial charge >= 0.3 is 0 Å². The van der Waals surface area contributed by atoms with Crippen molar-refractivity contribution in [1.29, 1.82) is 5.26 Å². The predicted molar refractivity (Wildman–Crippen MR) is 109 cm³/mol. The van der Waals surface area contributed by atoms with Gasteiger partial charge in [0, 0.05) is 11.3 Å². The molecule has 0 saturated carbocycles. The molecule has 4 rings (SSSR count). The molecular weight excluding hydrogens is 364 g/mol. The highest BCUT2D eigenvalue weighted by atomic mass is 16.5. The maximum absolute atomic E-state index is 9.84. The molecule has 6 heteroatoms. The molecule has 1 aliphatic rings. The van der Waals surface area contributed by atoms with E-state index in [2.05, 4.69) is 23.2 Å². The number of benzene rings is 2. The summed E-state index contributed by atoms with van der Waals surface area (Å²) >= 11 is 0. The van der Waals surface area contributed by atoms with Gasteiger partial charge in [-0.1, -0.05) is 61.9 Å². The van der Waals surface area contributed by atoms with Crippen molar-refractivity contribution in [2.24, 2.45) is 5.73 Å². The van der Waals surface area contributed by atoms with Gasteiger partial charge in [-0.25, -0.2) is 0 Å². The summed E-state index contributed by atoms with van der Waals surface area (Å²) in [5.41, 5.74) is 10.2. The van der Waals surface area contributed by atoms with Crippen molar-refractivity contribution in [3.05, 3.63) is 88.4 Å². The number of nitrogens with one attached hydrogen (secondary N) is 1. The molecule has 0 saturated heterocycles. The van der Waals surface area contributed by atoms with Crippen molar-refractivity contribution < 1.29 is 9.47 Å². The van der Waals surface area contributed by atoms with E-state index in [1.54, 1.807) is 0 Å². The number of nitrogens with two attached hydrogens (primary N) is 1. The topological polar surface area (TPSA) is 97.0 Å². The van der Waals surface area contributed by atoms with E-state index < -0.39 is 5.92 Å². The fourth-order valence-corrected chi connectivity index (χ4v) is 3.65. The first-order chi connectivity index (χ1) is 14.2. The van der Waals surface area contributed by atoms with Crippen LogP contribution in [0, 0.1) is 11.3 Å². The third-order valence-corrected chi connectivity index (χ3v) is 4.99. The van der Waals surface area contributed by atoms with Crippen LogP contribution < -0.4 is 15.2 Å². The molecule has 0 amide bonds. The molecule has 2 heterocycles. The Bertz CT molecular complexity index is 1080. The first-order valence-corrected chi connectivity index (χ1v) is 9.63. The van der Waals surface area contributed by atoms with Gasteiger partial charge in [0.05, 0.1) is 11.5 Å². The van der Waals surface area contributed by atoms with Gasteiger partial charge in [0.15, 0.2) is 0 Å². The van der Waals surface area contributed by atoms with Gasteiger partial charge in [-0.15, -0.1) is 5.10 Å². The Morgan fingerprint density at radius 2 is 1.93 bits per heavy atom. The van der Waals surface area contributed by atoms with E-state index in [4.69, 9.17) is 15.2 Å². The molecule has 1 atom stereocenters. The van der Waals surface area contributed by atoms with Gasteiger partial charge in [-0.05, 0) is 18.1 Å².